The van der Waals surface area contributed by atoms with Crippen LogP contribution in [0.25, 0.3) is 5.57 Å². The van der Waals surface area contributed by atoms with Crippen LogP contribution in [0.2, 0.25) is 5.02 Å². The molecule has 3 nitrogen and oxygen atoms in total. The smallest absolute Gasteiger partial charge is 0.341 e. The predicted molar refractivity (Wildman–Crippen MR) is 63.2 cm³/mol. The lowest BCUT2D eigenvalue weighted by Crippen LogP contribution is -2.05. The molecule has 0 aliphatic rings. The highest BCUT2D eigenvalue weighted by atomic mass is 35.5. The van der Waals surface area contributed by atoms with Gasteiger partial charge in [-0.3, -0.25) is 0 Å². The van der Waals surface area contributed by atoms with E-state index in [9.17, 15) is 4.79 Å². The lowest BCUT2D eigenvalue weighted by atomic mass is 10.0. The molecule has 0 aromatic heterocycles. The van der Waals surface area contributed by atoms with Gasteiger partial charge in [0.15, 0.2) is 0 Å². The van der Waals surface area contributed by atoms with Crippen LogP contribution >= 0.6 is 11.6 Å². The molecule has 0 fully saturated rings. The second-order valence-electron chi connectivity index (χ2n) is 3.17. The number of methoxy groups -OCH3 is 2. The summed E-state index contributed by atoms with van der Waals surface area (Å²) in [5.74, 6) is -0.452. The maximum Gasteiger partial charge on any atom is 0.341 e. The number of benzene rings is 1. The summed E-state index contributed by atoms with van der Waals surface area (Å²) in [4.78, 5) is 11.6. The zero-order chi connectivity index (χ0) is 12.1. The van der Waals surface area contributed by atoms with Crippen LogP contribution in [0.15, 0.2) is 24.5 Å². The van der Waals surface area contributed by atoms with Gasteiger partial charge in [0.1, 0.15) is 5.57 Å². The molecule has 0 radical (unpaired) electrons. The van der Waals surface area contributed by atoms with Gasteiger partial charge in [-0.05, 0) is 24.1 Å². The maximum absolute atomic E-state index is 11.6. The zero-order valence-corrected chi connectivity index (χ0v) is 10.2. The minimum Gasteiger partial charge on any atom is -0.503 e. The Bertz CT molecular complexity index is 424. The number of carbonyl (C=O) groups is 1. The minimum atomic E-state index is -0.452. The van der Waals surface area contributed by atoms with Gasteiger partial charge in [0.2, 0.25) is 0 Å². The summed E-state index contributed by atoms with van der Waals surface area (Å²) in [6.45, 7) is 1.84. The fraction of sp³-hybridized carbons (Fsp3) is 0.250. The van der Waals surface area contributed by atoms with Gasteiger partial charge in [-0.2, -0.15) is 0 Å². The van der Waals surface area contributed by atoms with Crippen molar-refractivity contribution in [1.82, 2.24) is 0 Å². The molecule has 0 unspecified atom stereocenters. The Hall–Kier alpha value is -1.48. The number of esters is 1. The van der Waals surface area contributed by atoms with Gasteiger partial charge < -0.3 is 9.47 Å². The number of ether oxygens (including phenoxy) is 2. The van der Waals surface area contributed by atoms with Crippen LogP contribution in [0.3, 0.4) is 0 Å². The van der Waals surface area contributed by atoms with Crippen molar-refractivity contribution in [2.24, 2.45) is 0 Å². The third-order valence-corrected chi connectivity index (χ3v) is 2.61. The quantitative estimate of drug-likeness (QED) is 0.463. The second-order valence-corrected chi connectivity index (χ2v) is 3.58. The first kappa shape index (κ1) is 12.6. The van der Waals surface area contributed by atoms with Crippen molar-refractivity contribution in [2.45, 2.75) is 6.92 Å². The fourth-order valence-corrected chi connectivity index (χ4v) is 1.52. The molecule has 86 valence electrons. The van der Waals surface area contributed by atoms with E-state index in [1.165, 1.54) is 20.5 Å². The van der Waals surface area contributed by atoms with Crippen molar-refractivity contribution in [2.75, 3.05) is 14.2 Å². The second kappa shape index (κ2) is 5.56. The Kier molecular flexibility index (Phi) is 4.38. The molecule has 0 aliphatic carbocycles. The molecule has 0 heterocycles. The topological polar surface area (TPSA) is 35.5 Å². The van der Waals surface area contributed by atoms with Gasteiger partial charge in [0, 0.05) is 5.02 Å². The molecule has 4 heteroatoms. The predicted octanol–water partition coefficient (Wildman–Crippen LogP) is 2.81. The standard InChI is InChI=1S/C12H13ClO3/c1-8-9(5-4-6-11(8)13)10(7-15-2)12(14)16-3/h4-7H,1-3H3. The van der Waals surface area contributed by atoms with Gasteiger partial charge in [-0.1, -0.05) is 23.7 Å². The van der Waals surface area contributed by atoms with Crippen LogP contribution in [0.1, 0.15) is 11.1 Å². The molecule has 0 N–H and O–H groups in total. The monoisotopic (exact) mass is 240 g/mol. The highest BCUT2D eigenvalue weighted by molar-refractivity contribution is 6.32. The first-order valence-electron chi connectivity index (χ1n) is 4.68. The molecule has 16 heavy (non-hydrogen) atoms. The van der Waals surface area contributed by atoms with E-state index in [-0.39, 0.29) is 0 Å². The SMILES string of the molecule is COC=C(C(=O)OC)c1cccc(Cl)c1C. The van der Waals surface area contributed by atoms with Crippen molar-refractivity contribution >= 4 is 23.1 Å². The third kappa shape index (κ3) is 2.55. The number of hydrogen-bond acceptors (Lipinski definition) is 3. The summed E-state index contributed by atoms with van der Waals surface area (Å²) < 4.78 is 9.55. The van der Waals surface area contributed by atoms with Gasteiger partial charge >= 0.3 is 5.97 Å². The molecule has 0 spiro atoms. The van der Waals surface area contributed by atoms with Gasteiger partial charge in [-0.25, -0.2) is 4.79 Å². The van der Waals surface area contributed by atoms with Crippen molar-refractivity contribution < 1.29 is 14.3 Å². The van der Waals surface area contributed by atoms with Crippen LogP contribution in [0.5, 0.6) is 0 Å². The normalized spacial score (nSPS) is 11.1. The van der Waals surface area contributed by atoms with Crippen molar-refractivity contribution in [3.05, 3.63) is 40.6 Å². The van der Waals surface area contributed by atoms with E-state index in [2.05, 4.69) is 4.74 Å². The summed E-state index contributed by atoms with van der Waals surface area (Å²) in [5, 5.41) is 0.600. The molecule has 1 aromatic rings. The molecule has 0 aliphatic heterocycles. The maximum atomic E-state index is 11.6. The minimum absolute atomic E-state index is 0.352. The Morgan fingerprint density at radius 2 is 2.06 bits per heavy atom. The van der Waals surface area contributed by atoms with E-state index >= 15 is 0 Å². The van der Waals surface area contributed by atoms with Crippen LogP contribution in [0, 0.1) is 6.92 Å². The van der Waals surface area contributed by atoms with Crippen LogP contribution < -0.4 is 0 Å². The van der Waals surface area contributed by atoms with Crippen LogP contribution in [-0.2, 0) is 14.3 Å². The fourth-order valence-electron chi connectivity index (χ4n) is 1.35. The van der Waals surface area contributed by atoms with Gasteiger partial charge in [0.25, 0.3) is 0 Å². The lowest BCUT2D eigenvalue weighted by Gasteiger charge is -2.09. The summed E-state index contributed by atoms with van der Waals surface area (Å²) in [6.07, 6.45) is 1.35. The van der Waals surface area contributed by atoms with Crippen molar-refractivity contribution in [1.29, 1.82) is 0 Å². The average Bonchev–Trinajstić information content (AvgIpc) is 2.29. The molecular formula is C12H13ClO3. The number of halogens is 1. The van der Waals surface area contributed by atoms with Crippen molar-refractivity contribution in [3.63, 3.8) is 0 Å². The zero-order valence-electron chi connectivity index (χ0n) is 9.41. The molecule has 0 saturated heterocycles. The van der Waals surface area contributed by atoms with Crippen molar-refractivity contribution in [3.8, 4) is 0 Å². The Morgan fingerprint density at radius 3 is 2.62 bits per heavy atom. The number of hydrogen-bond donors (Lipinski definition) is 0. The average molecular weight is 241 g/mol. The Balaban J connectivity index is 3.27. The number of rotatable bonds is 3. The van der Waals surface area contributed by atoms with Gasteiger partial charge in [0.05, 0.1) is 20.5 Å². The summed E-state index contributed by atoms with van der Waals surface area (Å²) in [6, 6.07) is 5.34. The van der Waals surface area contributed by atoms with Crippen LogP contribution in [-0.4, -0.2) is 20.2 Å². The molecule has 1 aromatic carbocycles. The van der Waals surface area contributed by atoms with E-state index in [1.54, 1.807) is 18.2 Å². The van der Waals surface area contributed by atoms with Crippen LogP contribution in [0.4, 0.5) is 0 Å². The van der Waals surface area contributed by atoms with Gasteiger partial charge in [-0.15, -0.1) is 0 Å². The molecule has 0 amide bonds. The van der Waals surface area contributed by atoms with E-state index in [1.807, 2.05) is 6.92 Å². The number of carbonyl (C=O) groups excluding carboxylic acids is 1. The first-order chi connectivity index (χ1) is 7.61. The molecule has 0 saturated carbocycles. The highest BCUT2D eigenvalue weighted by Crippen LogP contribution is 2.25. The lowest BCUT2D eigenvalue weighted by molar-refractivity contribution is -0.133. The first-order valence-corrected chi connectivity index (χ1v) is 5.06. The molecule has 0 atom stereocenters. The molecule has 1 rings (SSSR count). The molecule has 0 bridgehead atoms. The van der Waals surface area contributed by atoms with E-state index in [0.717, 1.165) is 5.56 Å². The summed E-state index contributed by atoms with van der Waals surface area (Å²) in [7, 11) is 2.80. The molecular weight excluding hydrogens is 228 g/mol. The Morgan fingerprint density at radius 1 is 1.38 bits per heavy atom. The highest BCUT2D eigenvalue weighted by Gasteiger charge is 2.16. The summed E-state index contributed by atoms with van der Waals surface area (Å²) >= 11 is 5.99. The Labute approximate surface area is 99.6 Å². The van der Waals surface area contributed by atoms with E-state index in [4.69, 9.17) is 16.3 Å². The van der Waals surface area contributed by atoms with E-state index < -0.39 is 5.97 Å². The van der Waals surface area contributed by atoms with E-state index in [0.29, 0.717) is 16.2 Å². The summed E-state index contributed by atoms with van der Waals surface area (Å²) in [5.41, 5.74) is 1.88. The third-order valence-electron chi connectivity index (χ3n) is 2.20. The largest absolute Gasteiger partial charge is 0.503 e.